The fourth-order valence-electron chi connectivity index (χ4n) is 1.36. The van der Waals surface area contributed by atoms with E-state index in [2.05, 4.69) is 26.2 Å². The molecule has 0 aliphatic rings. The molecule has 0 saturated heterocycles. The van der Waals surface area contributed by atoms with Crippen LogP contribution in [-0.4, -0.2) is 26.7 Å². The highest BCUT2D eigenvalue weighted by Crippen LogP contribution is 2.20. The zero-order valence-electron chi connectivity index (χ0n) is 7.97. The van der Waals surface area contributed by atoms with Gasteiger partial charge in [0.2, 0.25) is 0 Å². The minimum absolute atomic E-state index is 0.0624. The van der Waals surface area contributed by atoms with Gasteiger partial charge in [0.1, 0.15) is 0 Å². The van der Waals surface area contributed by atoms with Crippen LogP contribution in [0, 0.1) is 0 Å². The molecule has 1 heterocycles. The molecule has 1 N–H and O–H groups in total. The van der Waals surface area contributed by atoms with Crippen LogP contribution >= 0.6 is 15.9 Å². The van der Waals surface area contributed by atoms with Gasteiger partial charge < -0.3 is 5.11 Å². The van der Waals surface area contributed by atoms with Crippen LogP contribution in [0.4, 0.5) is 0 Å². The highest BCUT2D eigenvalue weighted by atomic mass is 79.9. The summed E-state index contributed by atoms with van der Waals surface area (Å²) in [5.41, 5.74) is 1.95. The lowest BCUT2D eigenvalue weighted by molar-refractivity contribution is 0.269. The first-order chi connectivity index (χ1) is 7.31. The highest BCUT2D eigenvalue weighted by molar-refractivity contribution is 9.10. The van der Waals surface area contributed by atoms with Gasteiger partial charge in [-0.25, -0.2) is 4.68 Å². The number of halogens is 1. The molecule has 2 rings (SSSR count). The molecular formula is C10H10BrN3O. The lowest BCUT2D eigenvalue weighted by atomic mass is 10.2. The second kappa shape index (κ2) is 4.55. The van der Waals surface area contributed by atoms with E-state index in [9.17, 15) is 0 Å². The molecule has 0 unspecified atom stereocenters. The molecule has 1 aromatic heterocycles. The number of benzene rings is 1. The molecule has 2 aromatic rings. The number of hydrogen-bond acceptors (Lipinski definition) is 3. The molecule has 0 saturated carbocycles. The van der Waals surface area contributed by atoms with Crippen molar-refractivity contribution in [1.82, 2.24) is 15.0 Å². The van der Waals surface area contributed by atoms with E-state index in [4.69, 9.17) is 5.11 Å². The van der Waals surface area contributed by atoms with Crippen LogP contribution in [0.5, 0.6) is 0 Å². The molecule has 0 amide bonds. The fraction of sp³-hybridized carbons (Fsp3) is 0.200. The molecule has 0 radical (unpaired) electrons. The Morgan fingerprint density at radius 1 is 1.27 bits per heavy atom. The van der Waals surface area contributed by atoms with E-state index in [1.165, 1.54) is 0 Å². The van der Waals surface area contributed by atoms with E-state index in [0.29, 0.717) is 6.54 Å². The minimum atomic E-state index is 0.0624. The first-order valence-electron chi connectivity index (χ1n) is 4.56. The first-order valence-corrected chi connectivity index (χ1v) is 5.36. The van der Waals surface area contributed by atoms with Crippen LogP contribution in [-0.2, 0) is 6.54 Å². The molecule has 78 valence electrons. The summed E-state index contributed by atoms with van der Waals surface area (Å²) in [6.07, 6.45) is 1.69. The topological polar surface area (TPSA) is 50.9 Å². The summed E-state index contributed by atoms with van der Waals surface area (Å²) >= 11 is 3.38. The van der Waals surface area contributed by atoms with E-state index >= 15 is 0 Å². The molecule has 5 heteroatoms. The normalized spacial score (nSPS) is 10.5. The average molecular weight is 268 g/mol. The SMILES string of the molecule is OCCn1nncc1-c1ccc(Br)cc1. The molecule has 0 aliphatic heterocycles. The van der Waals surface area contributed by atoms with E-state index < -0.39 is 0 Å². The van der Waals surface area contributed by atoms with E-state index in [1.807, 2.05) is 24.3 Å². The number of nitrogens with zero attached hydrogens (tertiary/aromatic N) is 3. The second-order valence-corrected chi connectivity index (χ2v) is 3.99. The third kappa shape index (κ3) is 2.24. The Morgan fingerprint density at radius 2 is 2.00 bits per heavy atom. The van der Waals surface area contributed by atoms with Crippen LogP contribution in [0.1, 0.15) is 0 Å². The molecule has 4 nitrogen and oxygen atoms in total. The van der Waals surface area contributed by atoms with Gasteiger partial charge in [-0.15, -0.1) is 5.10 Å². The summed E-state index contributed by atoms with van der Waals surface area (Å²) in [7, 11) is 0. The standard InChI is InChI=1S/C10H10BrN3O/c11-9-3-1-8(2-4-9)10-7-12-13-14(10)5-6-15/h1-4,7,15H,5-6H2. The third-order valence-corrected chi connectivity index (χ3v) is 2.60. The largest absolute Gasteiger partial charge is 0.394 e. The van der Waals surface area contributed by atoms with Gasteiger partial charge in [-0.1, -0.05) is 33.3 Å². The lowest BCUT2D eigenvalue weighted by Crippen LogP contribution is -2.05. The van der Waals surface area contributed by atoms with Gasteiger partial charge >= 0.3 is 0 Å². The van der Waals surface area contributed by atoms with Gasteiger partial charge in [0, 0.05) is 10.0 Å². The lowest BCUT2D eigenvalue weighted by Gasteiger charge is -2.03. The molecular weight excluding hydrogens is 258 g/mol. The Labute approximate surface area is 95.7 Å². The Bertz CT molecular complexity index is 438. The smallest absolute Gasteiger partial charge is 0.0886 e. The number of aromatic nitrogens is 3. The van der Waals surface area contributed by atoms with Crippen molar-refractivity contribution in [2.45, 2.75) is 6.54 Å². The minimum Gasteiger partial charge on any atom is -0.394 e. The van der Waals surface area contributed by atoms with Gasteiger partial charge in [0.05, 0.1) is 25.0 Å². The number of aliphatic hydroxyl groups is 1. The van der Waals surface area contributed by atoms with Crippen LogP contribution in [0.15, 0.2) is 34.9 Å². The Balaban J connectivity index is 2.36. The molecule has 0 spiro atoms. The third-order valence-electron chi connectivity index (χ3n) is 2.07. The van der Waals surface area contributed by atoms with Crippen molar-refractivity contribution in [3.8, 4) is 11.3 Å². The Morgan fingerprint density at radius 3 is 2.67 bits per heavy atom. The monoisotopic (exact) mass is 267 g/mol. The van der Waals surface area contributed by atoms with Crippen molar-refractivity contribution in [3.05, 3.63) is 34.9 Å². The van der Waals surface area contributed by atoms with Crippen LogP contribution < -0.4 is 0 Å². The Hall–Kier alpha value is -1.20. The molecule has 15 heavy (non-hydrogen) atoms. The zero-order chi connectivity index (χ0) is 10.7. The molecule has 0 fully saturated rings. The maximum absolute atomic E-state index is 8.86. The second-order valence-electron chi connectivity index (χ2n) is 3.07. The van der Waals surface area contributed by atoms with Gasteiger partial charge in [-0.05, 0) is 12.1 Å². The van der Waals surface area contributed by atoms with E-state index in [0.717, 1.165) is 15.7 Å². The maximum Gasteiger partial charge on any atom is 0.0886 e. The van der Waals surface area contributed by atoms with Crippen molar-refractivity contribution in [1.29, 1.82) is 0 Å². The highest BCUT2D eigenvalue weighted by Gasteiger charge is 2.05. The van der Waals surface area contributed by atoms with Gasteiger partial charge in [0.25, 0.3) is 0 Å². The van der Waals surface area contributed by atoms with Gasteiger partial charge in [0.15, 0.2) is 0 Å². The maximum atomic E-state index is 8.86. The summed E-state index contributed by atoms with van der Waals surface area (Å²) in [5.74, 6) is 0. The Kier molecular flexibility index (Phi) is 3.13. The molecule has 0 aliphatic carbocycles. The average Bonchev–Trinajstić information content (AvgIpc) is 2.68. The number of hydrogen-bond donors (Lipinski definition) is 1. The summed E-state index contributed by atoms with van der Waals surface area (Å²) in [4.78, 5) is 0. The number of rotatable bonds is 3. The van der Waals surface area contributed by atoms with Crippen molar-refractivity contribution in [3.63, 3.8) is 0 Å². The van der Waals surface area contributed by atoms with Crippen molar-refractivity contribution >= 4 is 15.9 Å². The van der Waals surface area contributed by atoms with E-state index in [1.54, 1.807) is 10.9 Å². The fourth-order valence-corrected chi connectivity index (χ4v) is 1.63. The summed E-state index contributed by atoms with van der Waals surface area (Å²) < 4.78 is 2.72. The molecule has 0 atom stereocenters. The van der Waals surface area contributed by atoms with Gasteiger partial charge in [-0.3, -0.25) is 0 Å². The van der Waals surface area contributed by atoms with Crippen molar-refractivity contribution in [2.24, 2.45) is 0 Å². The van der Waals surface area contributed by atoms with Crippen molar-refractivity contribution in [2.75, 3.05) is 6.61 Å². The molecule has 0 bridgehead atoms. The molecule has 1 aromatic carbocycles. The zero-order valence-corrected chi connectivity index (χ0v) is 9.55. The first kappa shape index (κ1) is 10.3. The van der Waals surface area contributed by atoms with E-state index in [-0.39, 0.29) is 6.61 Å². The quantitative estimate of drug-likeness (QED) is 0.921. The van der Waals surface area contributed by atoms with Gasteiger partial charge in [-0.2, -0.15) is 0 Å². The number of aliphatic hydroxyl groups excluding tert-OH is 1. The predicted octanol–water partition coefficient (Wildman–Crippen LogP) is 1.70. The van der Waals surface area contributed by atoms with Crippen LogP contribution in [0.3, 0.4) is 0 Å². The summed E-state index contributed by atoms with van der Waals surface area (Å²) in [5, 5.41) is 16.6. The summed E-state index contributed by atoms with van der Waals surface area (Å²) in [6.45, 7) is 0.526. The predicted molar refractivity (Wildman–Crippen MR) is 60.2 cm³/mol. The van der Waals surface area contributed by atoms with Crippen LogP contribution in [0.25, 0.3) is 11.3 Å². The van der Waals surface area contributed by atoms with Crippen LogP contribution in [0.2, 0.25) is 0 Å². The van der Waals surface area contributed by atoms with Crippen molar-refractivity contribution < 1.29 is 5.11 Å². The summed E-state index contributed by atoms with van der Waals surface area (Å²) in [6, 6.07) is 7.89.